The highest BCUT2D eigenvalue weighted by molar-refractivity contribution is 5.02. The maximum Gasteiger partial charge on any atom is 0.0129 e. The van der Waals surface area contributed by atoms with Crippen molar-refractivity contribution in [2.75, 3.05) is 6.54 Å². The Bertz CT molecular complexity index is 303. The first kappa shape index (κ1) is 14.8. The minimum atomic E-state index is 0.806. The number of fused-ring (bicyclic) bond motifs is 2. The molecule has 3 rings (SSSR count). The van der Waals surface area contributed by atoms with Gasteiger partial charge in [-0.25, -0.2) is 0 Å². The van der Waals surface area contributed by atoms with E-state index < -0.39 is 0 Å². The van der Waals surface area contributed by atoms with Crippen LogP contribution in [0.4, 0.5) is 0 Å². The Morgan fingerprint density at radius 2 is 1.70 bits per heavy atom. The third-order valence-electron chi connectivity index (χ3n) is 6.52. The van der Waals surface area contributed by atoms with Gasteiger partial charge in [-0.15, -0.1) is 0 Å². The van der Waals surface area contributed by atoms with Crippen LogP contribution in [0.3, 0.4) is 0 Å². The third kappa shape index (κ3) is 2.78. The summed E-state index contributed by atoms with van der Waals surface area (Å²) in [7, 11) is 0. The van der Waals surface area contributed by atoms with Crippen molar-refractivity contribution in [2.45, 2.75) is 96.3 Å². The highest BCUT2D eigenvalue weighted by atomic mass is 15.3. The van der Waals surface area contributed by atoms with Gasteiger partial charge in [0.25, 0.3) is 0 Å². The van der Waals surface area contributed by atoms with Gasteiger partial charge in [-0.3, -0.25) is 4.90 Å². The van der Waals surface area contributed by atoms with Gasteiger partial charge < -0.3 is 5.32 Å². The molecule has 1 saturated carbocycles. The van der Waals surface area contributed by atoms with Gasteiger partial charge in [-0.1, -0.05) is 33.6 Å². The molecule has 0 spiro atoms. The number of rotatable bonds is 4. The van der Waals surface area contributed by atoms with Crippen LogP contribution in [-0.4, -0.2) is 35.6 Å². The molecule has 1 N–H and O–H groups in total. The molecule has 1 aliphatic carbocycles. The topological polar surface area (TPSA) is 15.3 Å². The van der Waals surface area contributed by atoms with Crippen molar-refractivity contribution in [3.8, 4) is 0 Å². The van der Waals surface area contributed by atoms with Gasteiger partial charge in [0, 0.05) is 24.2 Å². The lowest BCUT2D eigenvalue weighted by Crippen LogP contribution is -2.56. The molecule has 3 fully saturated rings. The summed E-state index contributed by atoms with van der Waals surface area (Å²) in [5, 5.41) is 3.79. The normalized spacial score (nSPS) is 45.8. The zero-order valence-corrected chi connectivity index (χ0v) is 13.8. The Hall–Kier alpha value is -0.0800. The SMILES string of the molecule is CCCNC1CC2CCC(C1)N2C1CCCC(C)C1C. The molecule has 2 aliphatic heterocycles. The quantitative estimate of drug-likeness (QED) is 0.841. The monoisotopic (exact) mass is 278 g/mol. The minimum absolute atomic E-state index is 0.806. The smallest absolute Gasteiger partial charge is 0.0129 e. The third-order valence-corrected chi connectivity index (χ3v) is 6.52. The molecule has 2 bridgehead atoms. The van der Waals surface area contributed by atoms with Crippen LogP contribution in [0.25, 0.3) is 0 Å². The fourth-order valence-electron chi connectivity index (χ4n) is 5.24. The Morgan fingerprint density at radius 1 is 1.00 bits per heavy atom. The highest BCUT2D eigenvalue weighted by Crippen LogP contribution is 2.43. The molecule has 0 aromatic rings. The Morgan fingerprint density at radius 3 is 2.35 bits per heavy atom. The second kappa shape index (κ2) is 6.36. The Labute approximate surface area is 125 Å². The second-order valence-electron chi connectivity index (χ2n) is 7.79. The summed E-state index contributed by atoms with van der Waals surface area (Å²) in [6.07, 6.45) is 11.4. The molecule has 0 amide bonds. The molecule has 2 saturated heterocycles. The van der Waals surface area contributed by atoms with Gasteiger partial charge in [0.05, 0.1) is 0 Å². The van der Waals surface area contributed by atoms with E-state index in [4.69, 9.17) is 0 Å². The van der Waals surface area contributed by atoms with E-state index in [2.05, 4.69) is 31.0 Å². The molecular weight excluding hydrogens is 244 g/mol. The molecule has 0 radical (unpaired) electrons. The number of hydrogen-bond donors (Lipinski definition) is 1. The Balaban J connectivity index is 1.64. The summed E-state index contributed by atoms with van der Waals surface area (Å²) in [5.41, 5.74) is 0. The summed E-state index contributed by atoms with van der Waals surface area (Å²) in [6.45, 7) is 8.49. The van der Waals surface area contributed by atoms with Crippen molar-refractivity contribution >= 4 is 0 Å². The summed E-state index contributed by atoms with van der Waals surface area (Å²) in [6, 6.07) is 3.48. The molecule has 0 aromatic heterocycles. The van der Waals surface area contributed by atoms with Crippen LogP contribution < -0.4 is 5.32 Å². The van der Waals surface area contributed by atoms with E-state index in [0.29, 0.717) is 0 Å². The summed E-state index contributed by atoms with van der Waals surface area (Å²) < 4.78 is 0. The van der Waals surface area contributed by atoms with Crippen molar-refractivity contribution in [1.82, 2.24) is 10.2 Å². The van der Waals surface area contributed by atoms with Crippen LogP contribution in [-0.2, 0) is 0 Å². The van der Waals surface area contributed by atoms with Crippen LogP contribution in [0.15, 0.2) is 0 Å². The summed E-state index contributed by atoms with van der Waals surface area (Å²) in [4.78, 5) is 2.99. The van der Waals surface area contributed by atoms with E-state index in [1.165, 1.54) is 57.9 Å². The highest BCUT2D eigenvalue weighted by Gasteiger charge is 2.46. The number of nitrogens with one attached hydrogen (secondary N) is 1. The van der Waals surface area contributed by atoms with Gasteiger partial charge in [0.1, 0.15) is 0 Å². The van der Waals surface area contributed by atoms with E-state index in [1.807, 2.05) is 0 Å². The minimum Gasteiger partial charge on any atom is -0.314 e. The Kier molecular flexibility index (Phi) is 4.72. The summed E-state index contributed by atoms with van der Waals surface area (Å²) in [5.74, 6) is 1.84. The maximum atomic E-state index is 3.79. The van der Waals surface area contributed by atoms with E-state index in [0.717, 1.165) is 36.0 Å². The van der Waals surface area contributed by atoms with Crippen LogP contribution in [0.2, 0.25) is 0 Å². The first-order chi connectivity index (χ1) is 9.70. The van der Waals surface area contributed by atoms with Gasteiger partial charge in [0.2, 0.25) is 0 Å². The lowest BCUT2D eigenvalue weighted by molar-refractivity contribution is 0.0102. The number of nitrogens with zero attached hydrogens (tertiary/aromatic N) is 1. The van der Waals surface area contributed by atoms with Crippen molar-refractivity contribution < 1.29 is 0 Å². The predicted molar refractivity (Wildman–Crippen MR) is 85.9 cm³/mol. The number of piperidine rings is 1. The number of hydrogen-bond acceptors (Lipinski definition) is 2. The first-order valence-electron chi connectivity index (χ1n) is 9.21. The van der Waals surface area contributed by atoms with E-state index in [1.54, 1.807) is 0 Å². The fourth-order valence-corrected chi connectivity index (χ4v) is 5.24. The van der Waals surface area contributed by atoms with Crippen LogP contribution >= 0.6 is 0 Å². The molecule has 2 heterocycles. The lowest BCUT2D eigenvalue weighted by atomic mass is 9.76. The zero-order valence-electron chi connectivity index (χ0n) is 13.8. The zero-order chi connectivity index (χ0) is 14.1. The van der Waals surface area contributed by atoms with Gasteiger partial charge >= 0.3 is 0 Å². The van der Waals surface area contributed by atoms with Crippen LogP contribution in [0, 0.1) is 11.8 Å². The molecule has 3 aliphatic rings. The average Bonchev–Trinajstić information content (AvgIpc) is 2.70. The largest absolute Gasteiger partial charge is 0.314 e. The molecule has 2 heteroatoms. The van der Waals surface area contributed by atoms with Crippen molar-refractivity contribution in [3.05, 3.63) is 0 Å². The van der Waals surface area contributed by atoms with E-state index >= 15 is 0 Å². The molecule has 20 heavy (non-hydrogen) atoms. The second-order valence-corrected chi connectivity index (χ2v) is 7.79. The van der Waals surface area contributed by atoms with E-state index in [-0.39, 0.29) is 0 Å². The van der Waals surface area contributed by atoms with Gasteiger partial charge in [-0.2, -0.15) is 0 Å². The first-order valence-corrected chi connectivity index (χ1v) is 9.21. The van der Waals surface area contributed by atoms with Gasteiger partial charge in [0.15, 0.2) is 0 Å². The fraction of sp³-hybridized carbons (Fsp3) is 1.00. The molecule has 5 unspecified atom stereocenters. The standard InChI is InChI=1S/C18H34N2/c1-4-10-19-15-11-16-8-9-17(12-15)20(16)18-7-5-6-13(2)14(18)3/h13-19H,4-12H2,1-3H3. The van der Waals surface area contributed by atoms with Crippen LogP contribution in [0.1, 0.15) is 72.1 Å². The average molecular weight is 278 g/mol. The molecule has 0 aromatic carbocycles. The summed E-state index contributed by atoms with van der Waals surface area (Å²) >= 11 is 0. The molecule has 116 valence electrons. The maximum absolute atomic E-state index is 3.79. The molecule has 2 nitrogen and oxygen atoms in total. The lowest BCUT2D eigenvalue weighted by Gasteiger charge is -2.49. The van der Waals surface area contributed by atoms with Gasteiger partial charge in [-0.05, 0) is 56.9 Å². The van der Waals surface area contributed by atoms with Crippen molar-refractivity contribution in [3.63, 3.8) is 0 Å². The predicted octanol–water partition coefficient (Wildman–Crippen LogP) is 3.81. The van der Waals surface area contributed by atoms with Crippen molar-refractivity contribution in [1.29, 1.82) is 0 Å². The van der Waals surface area contributed by atoms with E-state index in [9.17, 15) is 0 Å². The van der Waals surface area contributed by atoms with Crippen molar-refractivity contribution in [2.24, 2.45) is 11.8 Å². The molecule has 5 atom stereocenters. The van der Waals surface area contributed by atoms with Crippen LogP contribution in [0.5, 0.6) is 0 Å². The molecular formula is C18H34N2.